The van der Waals surface area contributed by atoms with E-state index in [0.717, 1.165) is 19.6 Å². The molecule has 0 radical (unpaired) electrons. The lowest BCUT2D eigenvalue weighted by atomic mass is 10.2. The first kappa shape index (κ1) is 17.9. The number of nitrogens with zero attached hydrogens (tertiary/aromatic N) is 3. The lowest BCUT2D eigenvalue weighted by Gasteiger charge is -2.30. The molecule has 128 valence electrons. The van der Waals surface area contributed by atoms with Crippen molar-refractivity contribution >= 4 is 22.4 Å². The minimum Gasteiger partial charge on any atom is -0.438 e. The molecule has 0 aromatic carbocycles. The predicted octanol–water partition coefficient (Wildman–Crippen LogP) is 0.236. The van der Waals surface area contributed by atoms with Crippen LogP contribution in [0, 0.1) is 0 Å². The van der Waals surface area contributed by atoms with Gasteiger partial charge in [0.1, 0.15) is 0 Å². The van der Waals surface area contributed by atoms with Crippen LogP contribution in [0.25, 0.3) is 11.7 Å². The monoisotopic (exact) mass is 363 g/mol. The Morgan fingerprint density at radius 3 is 2.91 bits per heavy atom. The van der Waals surface area contributed by atoms with E-state index in [4.69, 9.17) is 8.94 Å². The number of furan rings is 1. The molecule has 0 amide bonds. The lowest BCUT2D eigenvalue weighted by molar-refractivity contribution is 0.190. The van der Waals surface area contributed by atoms with Crippen molar-refractivity contribution in [2.75, 3.05) is 33.7 Å². The van der Waals surface area contributed by atoms with E-state index in [-0.39, 0.29) is 35.2 Å². The Kier molecular flexibility index (Phi) is 5.42. The highest BCUT2D eigenvalue weighted by atomic mass is 35.5. The van der Waals surface area contributed by atoms with Gasteiger partial charge in [0, 0.05) is 19.6 Å². The minimum atomic E-state index is -3.63. The molecular formula is C12H18ClN5O4S. The van der Waals surface area contributed by atoms with Crippen LogP contribution in [0.1, 0.15) is 11.9 Å². The molecular weight excluding hydrogens is 346 g/mol. The Hall–Kier alpha value is -1.46. The average molecular weight is 364 g/mol. The molecule has 3 rings (SSSR count). The normalized spacial score (nSPS) is 19.5. The highest BCUT2D eigenvalue weighted by Gasteiger charge is 2.26. The summed E-state index contributed by atoms with van der Waals surface area (Å²) in [5, 5.41) is 7.04. The van der Waals surface area contributed by atoms with Crippen LogP contribution in [0.4, 0.5) is 0 Å². The number of nitrogens with one attached hydrogen (secondary N) is 2. The molecule has 2 aromatic heterocycles. The number of sulfonamides is 1. The maximum absolute atomic E-state index is 11.7. The van der Waals surface area contributed by atoms with Gasteiger partial charge in [0.15, 0.2) is 11.6 Å². The molecule has 2 N–H and O–H groups in total. The van der Waals surface area contributed by atoms with Crippen LogP contribution < -0.4 is 10.0 Å². The number of likely N-dealkylation sites (N-methyl/N-ethyl adjacent to an activating group) is 1. The maximum atomic E-state index is 11.7. The molecule has 1 unspecified atom stereocenters. The second-order valence-electron chi connectivity index (χ2n) is 4.98. The molecule has 11 heteroatoms. The molecule has 0 spiro atoms. The van der Waals surface area contributed by atoms with Gasteiger partial charge in [0.25, 0.3) is 15.9 Å². The topological polar surface area (TPSA) is 114 Å². The van der Waals surface area contributed by atoms with Gasteiger partial charge in [-0.25, -0.2) is 13.1 Å². The van der Waals surface area contributed by atoms with E-state index in [1.165, 1.54) is 19.2 Å². The van der Waals surface area contributed by atoms with Gasteiger partial charge in [-0.2, -0.15) is 4.98 Å². The van der Waals surface area contributed by atoms with E-state index in [1.54, 1.807) is 0 Å². The quantitative estimate of drug-likeness (QED) is 0.793. The number of piperazine rings is 1. The number of rotatable bonds is 4. The first-order valence-electron chi connectivity index (χ1n) is 6.79. The fraction of sp³-hybridized carbons (Fsp3) is 0.500. The summed E-state index contributed by atoms with van der Waals surface area (Å²) in [7, 11) is -0.327. The summed E-state index contributed by atoms with van der Waals surface area (Å²) in [4.78, 5) is 6.44. The van der Waals surface area contributed by atoms with Crippen molar-refractivity contribution in [3.63, 3.8) is 0 Å². The van der Waals surface area contributed by atoms with Gasteiger partial charge in [-0.15, -0.1) is 12.4 Å². The molecule has 0 bridgehead atoms. The van der Waals surface area contributed by atoms with E-state index in [1.807, 2.05) is 7.05 Å². The molecule has 1 saturated heterocycles. The summed E-state index contributed by atoms with van der Waals surface area (Å²) in [5.74, 6) is 0.921. The van der Waals surface area contributed by atoms with E-state index >= 15 is 0 Å². The molecule has 0 aliphatic carbocycles. The molecule has 0 saturated carbocycles. The molecule has 1 atom stereocenters. The Morgan fingerprint density at radius 2 is 2.22 bits per heavy atom. The predicted molar refractivity (Wildman–Crippen MR) is 83.7 cm³/mol. The molecule has 1 aliphatic rings. The van der Waals surface area contributed by atoms with Gasteiger partial charge >= 0.3 is 0 Å². The summed E-state index contributed by atoms with van der Waals surface area (Å²) < 4.78 is 36.0. The fourth-order valence-corrected chi connectivity index (χ4v) is 2.89. The Bertz CT molecular complexity index is 759. The Labute approximate surface area is 139 Å². The van der Waals surface area contributed by atoms with E-state index in [2.05, 4.69) is 25.1 Å². The van der Waals surface area contributed by atoms with Crippen LogP contribution in [0.5, 0.6) is 0 Å². The zero-order valence-electron chi connectivity index (χ0n) is 12.6. The van der Waals surface area contributed by atoms with Gasteiger partial charge in [-0.3, -0.25) is 4.90 Å². The summed E-state index contributed by atoms with van der Waals surface area (Å²) in [5.41, 5.74) is 0. The average Bonchev–Trinajstić information content (AvgIpc) is 3.17. The number of aromatic nitrogens is 2. The van der Waals surface area contributed by atoms with Gasteiger partial charge in [0.05, 0.1) is 6.04 Å². The van der Waals surface area contributed by atoms with E-state index in [9.17, 15) is 8.42 Å². The third-order valence-electron chi connectivity index (χ3n) is 3.58. The van der Waals surface area contributed by atoms with Crippen molar-refractivity contribution in [2.24, 2.45) is 0 Å². The van der Waals surface area contributed by atoms with Crippen LogP contribution in [0.15, 0.2) is 26.2 Å². The van der Waals surface area contributed by atoms with Crippen LogP contribution in [-0.4, -0.2) is 57.2 Å². The molecule has 1 fully saturated rings. The Morgan fingerprint density at radius 1 is 1.43 bits per heavy atom. The second-order valence-corrected chi connectivity index (χ2v) is 6.80. The molecule has 3 heterocycles. The van der Waals surface area contributed by atoms with Gasteiger partial charge in [-0.1, -0.05) is 5.16 Å². The first-order chi connectivity index (χ1) is 10.5. The highest BCUT2D eigenvalue weighted by molar-refractivity contribution is 7.89. The standard InChI is InChI=1S/C12H17N5O4S.ClH/c1-13-22(18,19)10-4-3-9(20-10)12-15-11(16-21-12)8-7-14-5-6-17(8)2;/h3-4,8,13-14H,5-7H2,1-2H3;1H. The van der Waals surface area contributed by atoms with Gasteiger partial charge in [-0.05, 0) is 26.2 Å². The highest BCUT2D eigenvalue weighted by Crippen LogP contribution is 2.25. The largest absolute Gasteiger partial charge is 0.438 e. The third kappa shape index (κ3) is 3.56. The van der Waals surface area contributed by atoms with Crippen LogP contribution in [0.3, 0.4) is 0 Å². The summed E-state index contributed by atoms with van der Waals surface area (Å²) in [6, 6.07) is 2.85. The van der Waals surface area contributed by atoms with Crippen molar-refractivity contribution in [1.29, 1.82) is 0 Å². The third-order valence-corrected chi connectivity index (χ3v) is 4.86. The number of halogens is 1. The van der Waals surface area contributed by atoms with Crippen molar-refractivity contribution in [3.8, 4) is 11.7 Å². The van der Waals surface area contributed by atoms with Gasteiger partial charge in [0.2, 0.25) is 5.09 Å². The van der Waals surface area contributed by atoms with Crippen LogP contribution in [-0.2, 0) is 10.0 Å². The van der Waals surface area contributed by atoms with E-state index in [0.29, 0.717) is 5.82 Å². The summed E-state index contributed by atoms with van der Waals surface area (Å²) >= 11 is 0. The minimum absolute atomic E-state index is 0. The SMILES string of the molecule is CNS(=O)(=O)c1ccc(-c2nc(C3CNCCN3C)no2)o1.Cl. The molecule has 23 heavy (non-hydrogen) atoms. The van der Waals surface area contributed by atoms with Crippen LogP contribution >= 0.6 is 12.4 Å². The van der Waals surface area contributed by atoms with Crippen molar-refractivity contribution in [2.45, 2.75) is 11.1 Å². The fourth-order valence-electron chi connectivity index (χ4n) is 2.24. The summed E-state index contributed by atoms with van der Waals surface area (Å²) in [6.45, 7) is 2.54. The second kappa shape index (κ2) is 6.97. The first-order valence-corrected chi connectivity index (χ1v) is 8.28. The number of hydrogen-bond acceptors (Lipinski definition) is 8. The zero-order valence-corrected chi connectivity index (χ0v) is 14.3. The van der Waals surface area contributed by atoms with Crippen molar-refractivity contribution < 1.29 is 17.4 Å². The van der Waals surface area contributed by atoms with E-state index < -0.39 is 10.0 Å². The lowest BCUT2D eigenvalue weighted by Crippen LogP contribution is -2.44. The zero-order chi connectivity index (χ0) is 15.7. The smallest absolute Gasteiger partial charge is 0.293 e. The van der Waals surface area contributed by atoms with Crippen molar-refractivity contribution in [1.82, 2.24) is 25.1 Å². The maximum Gasteiger partial charge on any atom is 0.293 e. The molecule has 2 aromatic rings. The Balaban J connectivity index is 0.00000192. The summed E-state index contributed by atoms with van der Waals surface area (Å²) in [6.07, 6.45) is 0. The molecule has 9 nitrogen and oxygen atoms in total. The van der Waals surface area contributed by atoms with Crippen LogP contribution in [0.2, 0.25) is 0 Å². The number of hydrogen-bond donors (Lipinski definition) is 2. The van der Waals surface area contributed by atoms with Gasteiger partial charge < -0.3 is 14.3 Å². The molecule has 1 aliphatic heterocycles. The van der Waals surface area contributed by atoms with Crippen molar-refractivity contribution in [3.05, 3.63) is 18.0 Å².